The van der Waals surface area contributed by atoms with Gasteiger partial charge in [0.15, 0.2) is 9.84 Å². The number of carbonyl (C=O) groups is 1. The fourth-order valence-corrected chi connectivity index (χ4v) is 7.57. The van der Waals surface area contributed by atoms with Crippen LogP contribution in [-0.2, 0) is 24.7 Å². The molecule has 0 aromatic heterocycles. The molecule has 1 aliphatic carbocycles. The highest BCUT2D eigenvalue weighted by Crippen LogP contribution is 2.34. The first-order valence-corrected chi connectivity index (χ1v) is 12.3. The van der Waals surface area contributed by atoms with Gasteiger partial charge in [-0.15, -0.1) is 11.8 Å². The van der Waals surface area contributed by atoms with E-state index in [1.807, 2.05) is 0 Å². The molecule has 0 N–H and O–H groups in total. The lowest BCUT2D eigenvalue weighted by atomic mass is 10.3. The van der Waals surface area contributed by atoms with Crippen LogP contribution in [0, 0.1) is 0 Å². The van der Waals surface area contributed by atoms with Crippen molar-refractivity contribution in [2.75, 3.05) is 24.9 Å². The van der Waals surface area contributed by atoms with Gasteiger partial charge in [-0.05, 0) is 25.0 Å². The summed E-state index contributed by atoms with van der Waals surface area (Å²) in [4.78, 5) is 13.8. The molecule has 138 valence electrons. The Morgan fingerprint density at radius 1 is 1.16 bits per heavy atom. The molecular weight excluding hydrogens is 384 g/mol. The fraction of sp³-hybridized carbons (Fsp3) is 0.533. The molecule has 0 radical (unpaired) electrons. The second-order valence-corrected chi connectivity index (χ2v) is 11.1. The third-order valence-corrected chi connectivity index (χ3v) is 8.78. The van der Waals surface area contributed by atoms with Crippen molar-refractivity contribution in [1.82, 2.24) is 9.21 Å². The van der Waals surface area contributed by atoms with Crippen molar-refractivity contribution in [1.29, 1.82) is 0 Å². The molecular formula is C15H20N2O5S3. The minimum absolute atomic E-state index is 0.134. The van der Waals surface area contributed by atoms with Crippen LogP contribution in [0.5, 0.6) is 0 Å². The standard InChI is InChI=1S/C15H20N2O5S3/c1-16(11-7-8-11)15(18)12-9-23-10-17(12)25(21,22)14-6-4-3-5-13(14)24(2,19)20/h3-6,11-12H,7-10H2,1-2H3. The predicted octanol–water partition coefficient (Wildman–Crippen LogP) is 0.774. The van der Waals surface area contributed by atoms with Crippen molar-refractivity contribution in [2.45, 2.75) is 34.7 Å². The molecule has 2 aliphatic rings. The molecule has 2 fully saturated rings. The fourth-order valence-electron chi connectivity index (χ4n) is 2.83. The van der Waals surface area contributed by atoms with Crippen molar-refractivity contribution in [3.8, 4) is 0 Å². The molecule has 0 bridgehead atoms. The van der Waals surface area contributed by atoms with Gasteiger partial charge < -0.3 is 4.90 Å². The number of sulfone groups is 1. The number of rotatable bonds is 5. The van der Waals surface area contributed by atoms with Gasteiger partial charge in [0.05, 0.1) is 10.8 Å². The molecule has 7 nitrogen and oxygen atoms in total. The van der Waals surface area contributed by atoms with E-state index in [-0.39, 0.29) is 27.6 Å². The minimum atomic E-state index is -4.10. The van der Waals surface area contributed by atoms with Crippen molar-refractivity contribution in [3.05, 3.63) is 24.3 Å². The maximum Gasteiger partial charge on any atom is 0.245 e. The SMILES string of the molecule is CN(C(=O)C1CSCN1S(=O)(=O)c1ccccc1S(C)(=O)=O)C1CC1. The van der Waals surface area contributed by atoms with Gasteiger partial charge in [0, 0.05) is 25.1 Å². The molecule has 1 aromatic carbocycles. The van der Waals surface area contributed by atoms with Gasteiger partial charge in [0.2, 0.25) is 15.9 Å². The Balaban J connectivity index is 1.98. The van der Waals surface area contributed by atoms with Gasteiger partial charge in [0.1, 0.15) is 10.9 Å². The molecule has 1 aliphatic heterocycles. The molecule has 1 atom stereocenters. The Labute approximate surface area is 152 Å². The number of hydrogen-bond donors (Lipinski definition) is 0. The Kier molecular flexibility index (Phi) is 4.91. The number of likely N-dealkylation sites (N-methyl/N-ethyl adjacent to an activating group) is 1. The molecule has 10 heteroatoms. The van der Waals surface area contributed by atoms with E-state index in [1.165, 1.54) is 36.0 Å². The van der Waals surface area contributed by atoms with Crippen LogP contribution in [0.4, 0.5) is 0 Å². The van der Waals surface area contributed by atoms with Crippen LogP contribution in [0.3, 0.4) is 0 Å². The molecule has 3 rings (SSSR count). The van der Waals surface area contributed by atoms with E-state index in [4.69, 9.17) is 0 Å². The Morgan fingerprint density at radius 3 is 2.32 bits per heavy atom. The maximum absolute atomic E-state index is 13.1. The average Bonchev–Trinajstić information content (AvgIpc) is 3.28. The first kappa shape index (κ1) is 18.7. The lowest BCUT2D eigenvalue weighted by Gasteiger charge is -2.27. The van der Waals surface area contributed by atoms with Crippen LogP contribution in [-0.4, -0.2) is 69.0 Å². The summed E-state index contributed by atoms with van der Waals surface area (Å²) in [6.45, 7) is 0. The largest absolute Gasteiger partial charge is 0.341 e. The third-order valence-electron chi connectivity index (χ3n) is 4.40. The van der Waals surface area contributed by atoms with Crippen LogP contribution >= 0.6 is 11.8 Å². The molecule has 1 aromatic rings. The van der Waals surface area contributed by atoms with Crippen molar-refractivity contribution < 1.29 is 21.6 Å². The summed E-state index contributed by atoms with van der Waals surface area (Å²) in [5.41, 5.74) is 0. The Bertz CT molecular complexity index is 893. The van der Waals surface area contributed by atoms with E-state index in [9.17, 15) is 21.6 Å². The smallest absolute Gasteiger partial charge is 0.245 e. The summed E-state index contributed by atoms with van der Waals surface area (Å²) in [7, 11) is -6.12. The topological polar surface area (TPSA) is 91.8 Å². The lowest BCUT2D eigenvalue weighted by Crippen LogP contribution is -2.48. The number of sulfonamides is 1. The van der Waals surface area contributed by atoms with E-state index < -0.39 is 25.9 Å². The highest BCUT2D eigenvalue weighted by atomic mass is 32.2. The van der Waals surface area contributed by atoms with Crippen LogP contribution < -0.4 is 0 Å². The van der Waals surface area contributed by atoms with Gasteiger partial charge in [-0.25, -0.2) is 16.8 Å². The van der Waals surface area contributed by atoms with Gasteiger partial charge in [-0.1, -0.05) is 12.1 Å². The maximum atomic E-state index is 13.1. The number of nitrogens with zero attached hydrogens (tertiary/aromatic N) is 2. The number of carbonyl (C=O) groups excluding carboxylic acids is 1. The zero-order chi connectivity index (χ0) is 18.4. The summed E-state index contributed by atoms with van der Waals surface area (Å²) in [5.74, 6) is 0.277. The number of benzene rings is 1. The quantitative estimate of drug-likeness (QED) is 0.720. The van der Waals surface area contributed by atoms with E-state index in [1.54, 1.807) is 11.9 Å². The van der Waals surface area contributed by atoms with Crippen molar-refractivity contribution in [3.63, 3.8) is 0 Å². The summed E-state index contributed by atoms with van der Waals surface area (Å²) in [6, 6.07) is 4.91. The Morgan fingerprint density at radius 2 is 1.76 bits per heavy atom. The second-order valence-electron chi connectivity index (χ2n) is 6.31. The predicted molar refractivity (Wildman–Crippen MR) is 95.5 cm³/mol. The van der Waals surface area contributed by atoms with Crippen LogP contribution in [0.1, 0.15) is 12.8 Å². The van der Waals surface area contributed by atoms with E-state index in [0.717, 1.165) is 23.4 Å². The monoisotopic (exact) mass is 404 g/mol. The lowest BCUT2D eigenvalue weighted by molar-refractivity contribution is -0.133. The second kappa shape index (κ2) is 6.57. The molecule has 1 heterocycles. The number of amides is 1. The van der Waals surface area contributed by atoms with Crippen molar-refractivity contribution in [2.24, 2.45) is 0 Å². The van der Waals surface area contributed by atoms with Gasteiger partial charge in [-0.3, -0.25) is 4.79 Å². The minimum Gasteiger partial charge on any atom is -0.341 e. The van der Waals surface area contributed by atoms with Crippen LogP contribution in [0.2, 0.25) is 0 Å². The van der Waals surface area contributed by atoms with Gasteiger partial charge in [0.25, 0.3) is 0 Å². The average molecular weight is 405 g/mol. The summed E-state index contributed by atoms with van der Waals surface area (Å²) in [5, 5.41) is 0. The van der Waals surface area contributed by atoms with E-state index in [0.29, 0.717) is 5.75 Å². The summed E-state index contributed by atoms with van der Waals surface area (Å²) < 4.78 is 51.3. The normalized spacial score (nSPS) is 22.1. The number of hydrogen-bond acceptors (Lipinski definition) is 6. The van der Waals surface area contributed by atoms with Crippen LogP contribution in [0.25, 0.3) is 0 Å². The molecule has 0 spiro atoms. The molecule has 25 heavy (non-hydrogen) atoms. The number of thioether (sulfide) groups is 1. The zero-order valence-corrected chi connectivity index (χ0v) is 16.4. The van der Waals surface area contributed by atoms with E-state index in [2.05, 4.69) is 0 Å². The molecule has 1 saturated heterocycles. The Hall–Kier alpha value is -1.10. The first-order valence-electron chi connectivity index (χ1n) is 7.79. The highest BCUT2D eigenvalue weighted by Gasteiger charge is 2.44. The van der Waals surface area contributed by atoms with Gasteiger partial charge >= 0.3 is 0 Å². The molecule has 1 amide bonds. The first-order chi connectivity index (χ1) is 11.6. The zero-order valence-electron chi connectivity index (χ0n) is 14.0. The molecule has 1 saturated carbocycles. The van der Waals surface area contributed by atoms with E-state index >= 15 is 0 Å². The summed E-state index contributed by atoms with van der Waals surface area (Å²) in [6.07, 6.45) is 2.85. The van der Waals surface area contributed by atoms with Crippen LogP contribution in [0.15, 0.2) is 34.1 Å². The highest BCUT2D eigenvalue weighted by molar-refractivity contribution is 8.00. The van der Waals surface area contributed by atoms with Gasteiger partial charge in [-0.2, -0.15) is 4.31 Å². The van der Waals surface area contributed by atoms with Crippen molar-refractivity contribution >= 4 is 37.5 Å². The third kappa shape index (κ3) is 3.57. The molecule has 1 unspecified atom stereocenters. The summed E-state index contributed by atoms with van der Waals surface area (Å²) >= 11 is 1.35.